The lowest BCUT2D eigenvalue weighted by atomic mass is 10.1. The van der Waals surface area contributed by atoms with Gasteiger partial charge in [-0.1, -0.05) is 12.1 Å². The van der Waals surface area contributed by atoms with Crippen LogP contribution in [0.1, 0.15) is 41.5 Å². The molecule has 1 N–H and O–H groups in total. The van der Waals surface area contributed by atoms with Gasteiger partial charge in [-0.2, -0.15) is 0 Å². The van der Waals surface area contributed by atoms with Crippen molar-refractivity contribution in [1.29, 1.82) is 0 Å². The Balaban J connectivity index is 2.12. The molecule has 0 heterocycles. The van der Waals surface area contributed by atoms with Crippen molar-refractivity contribution >= 4 is 17.5 Å². The van der Waals surface area contributed by atoms with Crippen LogP contribution in [0.5, 0.6) is 5.75 Å². The number of anilines is 1. The molecule has 0 saturated heterocycles. The summed E-state index contributed by atoms with van der Waals surface area (Å²) in [6.45, 7) is 7.62. The minimum Gasteiger partial charge on any atom is -0.492 e. The van der Waals surface area contributed by atoms with Gasteiger partial charge in [0.05, 0.1) is 12.3 Å². The first-order valence-corrected chi connectivity index (χ1v) is 8.53. The van der Waals surface area contributed by atoms with Crippen LogP contribution in [-0.4, -0.2) is 36.4 Å². The Bertz CT molecular complexity index is 722. The normalized spacial score (nSPS) is 10.2. The Morgan fingerprint density at radius 1 is 0.920 bits per heavy atom. The van der Waals surface area contributed by atoms with E-state index in [1.54, 1.807) is 35.2 Å². The highest BCUT2D eigenvalue weighted by Crippen LogP contribution is 2.24. The molecular weight excluding hydrogens is 316 g/mol. The maximum Gasteiger partial charge on any atom is 0.255 e. The van der Waals surface area contributed by atoms with E-state index in [1.165, 1.54) is 0 Å². The smallest absolute Gasteiger partial charge is 0.255 e. The summed E-state index contributed by atoms with van der Waals surface area (Å²) in [4.78, 5) is 26.5. The maximum absolute atomic E-state index is 12.4. The third kappa shape index (κ3) is 4.59. The molecule has 0 aliphatic rings. The van der Waals surface area contributed by atoms with E-state index in [0.29, 0.717) is 42.3 Å². The van der Waals surface area contributed by atoms with Crippen LogP contribution < -0.4 is 10.1 Å². The standard InChI is InChI=1S/C20H24N2O3/c1-4-22(5-2)20(24)16-13-11-15(12-14-16)19(23)21-17-9-7-8-10-18(17)25-6-3/h7-14H,4-6H2,1-3H3,(H,21,23). The minimum atomic E-state index is -0.242. The molecule has 0 spiro atoms. The molecular formula is C20H24N2O3. The number of hydrogen-bond acceptors (Lipinski definition) is 3. The van der Waals surface area contributed by atoms with Gasteiger partial charge in [0.15, 0.2) is 0 Å². The number of benzene rings is 2. The monoisotopic (exact) mass is 340 g/mol. The van der Waals surface area contributed by atoms with Crippen LogP contribution in [0, 0.1) is 0 Å². The fourth-order valence-corrected chi connectivity index (χ4v) is 2.50. The number of nitrogens with zero attached hydrogens (tertiary/aromatic N) is 1. The Labute approximate surface area is 148 Å². The zero-order valence-electron chi connectivity index (χ0n) is 14.9. The van der Waals surface area contributed by atoms with Crippen LogP contribution in [0.4, 0.5) is 5.69 Å². The van der Waals surface area contributed by atoms with Crippen LogP contribution in [0.2, 0.25) is 0 Å². The third-order valence-electron chi connectivity index (χ3n) is 3.88. The van der Waals surface area contributed by atoms with E-state index in [9.17, 15) is 9.59 Å². The molecule has 25 heavy (non-hydrogen) atoms. The highest BCUT2D eigenvalue weighted by molar-refractivity contribution is 6.05. The first-order chi connectivity index (χ1) is 12.1. The lowest BCUT2D eigenvalue weighted by Gasteiger charge is -2.18. The SMILES string of the molecule is CCOc1ccccc1NC(=O)c1ccc(C(=O)N(CC)CC)cc1. The topological polar surface area (TPSA) is 58.6 Å². The molecule has 0 atom stereocenters. The molecule has 0 aliphatic carbocycles. The van der Waals surface area contributed by atoms with Crippen molar-refractivity contribution in [3.05, 3.63) is 59.7 Å². The second-order valence-electron chi connectivity index (χ2n) is 5.44. The molecule has 0 aliphatic heterocycles. The van der Waals surface area contributed by atoms with E-state index in [0.717, 1.165) is 0 Å². The molecule has 2 aromatic rings. The van der Waals surface area contributed by atoms with Gasteiger partial charge >= 0.3 is 0 Å². The zero-order chi connectivity index (χ0) is 18.2. The summed E-state index contributed by atoms with van der Waals surface area (Å²) in [6, 6.07) is 14.0. The number of nitrogens with one attached hydrogen (secondary N) is 1. The number of carbonyl (C=O) groups is 2. The summed E-state index contributed by atoms with van der Waals surface area (Å²) in [7, 11) is 0. The molecule has 2 rings (SSSR count). The van der Waals surface area contributed by atoms with Crippen molar-refractivity contribution in [1.82, 2.24) is 4.90 Å². The minimum absolute atomic E-state index is 0.0290. The van der Waals surface area contributed by atoms with Crippen molar-refractivity contribution < 1.29 is 14.3 Å². The summed E-state index contributed by atoms with van der Waals surface area (Å²) >= 11 is 0. The number of hydrogen-bond donors (Lipinski definition) is 1. The largest absolute Gasteiger partial charge is 0.492 e. The molecule has 0 fully saturated rings. The fraction of sp³-hybridized carbons (Fsp3) is 0.300. The van der Waals surface area contributed by atoms with Gasteiger partial charge in [-0.15, -0.1) is 0 Å². The zero-order valence-corrected chi connectivity index (χ0v) is 14.9. The molecule has 0 saturated carbocycles. The maximum atomic E-state index is 12.4. The molecule has 132 valence electrons. The predicted octanol–water partition coefficient (Wildman–Crippen LogP) is 3.82. The first kappa shape index (κ1) is 18.5. The third-order valence-corrected chi connectivity index (χ3v) is 3.88. The van der Waals surface area contributed by atoms with Crippen LogP contribution in [0.15, 0.2) is 48.5 Å². The lowest BCUT2D eigenvalue weighted by molar-refractivity contribution is 0.0772. The van der Waals surface area contributed by atoms with Crippen molar-refractivity contribution in [3.8, 4) is 5.75 Å². The molecule has 0 bridgehead atoms. The predicted molar refractivity (Wildman–Crippen MR) is 99.3 cm³/mol. The van der Waals surface area contributed by atoms with E-state index in [2.05, 4.69) is 5.32 Å². The average molecular weight is 340 g/mol. The van der Waals surface area contributed by atoms with Crippen LogP contribution in [0.3, 0.4) is 0 Å². The molecule has 2 aromatic carbocycles. The van der Waals surface area contributed by atoms with Gasteiger partial charge < -0.3 is 15.0 Å². The van der Waals surface area contributed by atoms with E-state index < -0.39 is 0 Å². The quantitative estimate of drug-likeness (QED) is 0.833. The van der Waals surface area contributed by atoms with Crippen LogP contribution in [-0.2, 0) is 0 Å². The Morgan fingerprint density at radius 3 is 2.12 bits per heavy atom. The first-order valence-electron chi connectivity index (χ1n) is 8.53. The molecule has 0 aromatic heterocycles. The number of para-hydroxylation sites is 2. The molecule has 2 amide bonds. The summed E-state index contributed by atoms with van der Waals surface area (Å²) < 4.78 is 5.51. The number of carbonyl (C=O) groups excluding carboxylic acids is 2. The molecule has 5 nitrogen and oxygen atoms in total. The Kier molecular flexibility index (Phi) is 6.57. The van der Waals surface area contributed by atoms with Crippen molar-refractivity contribution in [3.63, 3.8) is 0 Å². The molecule has 5 heteroatoms. The summed E-state index contributed by atoms with van der Waals surface area (Å²) in [5.74, 6) is 0.360. The molecule has 0 radical (unpaired) electrons. The van der Waals surface area contributed by atoms with Crippen LogP contribution in [0.25, 0.3) is 0 Å². The lowest BCUT2D eigenvalue weighted by Crippen LogP contribution is -2.30. The van der Waals surface area contributed by atoms with E-state index in [4.69, 9.17) is 4.74 Å². The van der Waals surface area contributed by atoms with Crippen molar-refractivity contribution in [2.45, 2.75) is 20.8 Å². The molecule has 0 unspecified atom stereocenters. The van der Waals surface area contributed by atoms with Gasteiger partial charge in [0.1, 0.15) is 5.75 Å². The van der Waals surface area contributed by atoms with Gasteiger partial charge in [-0.3, -0.25) is 9.59 Å². The van der Waals surface area contributed by atoms with Gasteiger partial charge in [-0.05, 0) is 57.2 Å². The van der Waals surface area contributed by atoms with Crippen molar-refractivity contribution in [2.75, 3.05) is 25.0 Å². The summed E-state index contributed by atoms with van der Waals surface area (Å²) in [5.41, 5.74) is 1.69. The Morgan fingerprint density at radius 2 is 1.52 bits per heavy atom. The van der Waals surface area contributed by atoms with E-state index >= 15 is 0 Å². The van der Waals surface area contributed by atoms with E-state index in [1.807, 2.05) is 39.0 Å². The average Bonchev–Trinajstić information content (AvgIpc) is 2.64. The van der Waals surface area contributed by atoms with Gasteiger partial charge in [0, 0.05) is 24.2 Å². The van der Waals surface area contributed by atoms with E-state index in [-0.39, 0.29) is 11.8 Å². The summed E-state index contributed by atoms with van der Waals surface area (Å²) in [6.07, 6.45) is 0. The van der Waals surface area contributed by atoms with Crippen molar-refractivity contribution in [2.24, 2.45) is 0 Å². The van der Waals surface area contributed by atoms with Gasteiger partial charge in [0.25, 0.3) is 11.8 Å². The number of rotatable bonds is 7. The van der Waals surface area contributed by atoms with Crippen LogP contribution >= 0.6 is 0 Å². The second-order valence-corrected chi connectivity index (χ2v) is 5.44. The Hall–Kier alpha value is -2.82. The highest BCUT2D eigenvalue weighted by atomic mass is 16.5. The van der Waals surface area contributed by atoms with Gasteiger partial charge in [-0.25, -0.2) is 0 Å². The van der Waals surface area contributed by atoms with Gasteiger partial charge in [0.2, 0.25) is 0 Å². The summed E-state index contributed by atoms with van der Waals surface area (Å²) in [5, 5.41) is 2.85. The number of amides is 2. The highest BCUT2D eigenvalue weighted by Gasteiger charge is 2.14. The fourth-order valence-electron chi connectivity index (χ4n) is 2.50. The second kappa shape index (κ2) is 8.87. The number of ether oxygens (including phenoxy) is 1.